The minimum absolute atomic E-state index is 0.0278. The molecular formula is C129H77N9O3S3. The van der Waals surface area contributed by atoms with Gasteiger partial charge in [-0.2, -0.15) is 0 Å². The van der Waals surface area contributed by atoms with Gasteiger partial charge in [-0.1, -0.05) is 358 Å². The zero-order valence-electron chi connectivity index (χ0n) is 86.2. The zero-order chi connectivity index (χ0) is 104. The van der Waals surface area contributed by atoms with Crippen molar-refractivity contribution in [2.45, 2.75) is 0 Å². The highest BCUT2D eigenvalue weighted by Crippen LogP contribution is 2.48. The smallest absolute Gasteiger partial charge is 0.164 e. The molecule has 0 radical (unpaired) electrons. The summed E-state index contributed by atoms with van der Waals surface area (Å²) in [6, 6.07) is 133. The second-order valence-electron chi connectivity index (χ2n) is 35.0. The van der Waals surface area contributed by atoms with Crippen LogP contribution in [0.1, 0.15) is 13.7 Å². The van der Waals surface area contributed by atoms with Gasteiger partial charge in [-0.05, 0) is 165 Å². The zero-order valence-corrected chi connectivity index (χ0v) is 78.6. The summed E-state index contributed by atoms with van der Waals surface area (Å²) >= 11 is 5.29. The lowest BCUT2D eigenvalue weighted by Gasteiger charge is -2.13. The van der Waals surface area contributed by atoms with E-state index in [1.807, 2.05) is 236 Å². The second kappa shape index (κ2) is 36.0. The van der Waals surface area contributed by atoms with Crippen LogP contribution in [0.15, 0.2) is 480 Å². The number of hydrogen-bond acceptors (Lipinski definition) is 15. The normalized spacial score (nSPS) is 12.6. The van der Waals surface area contributed by atoms with Crippen LogP contribution in [-0.2, 0) is 0 Å². The number of fused-ring (bicyclic) bond motifs is 18. The maximum absolute atomic E-state index is 8.91. The number of furan rings is 3. The Morgan fingerprint density at radius 1 is 0.153 bits per heavy atom. The molecule has 674 valence electrons. The molecule has 29 aromatic rings. The van der Waals surface area contributed by atoms with Gasteiger partial charge in [-0.15, -0.1) is 34.0 Å². The molecule has 0 saturated heterocycles. The van der Waals surface area contributed by atoms with E-state index in [-0.39, 0.29) is 34.9 Å². The Labute approximate surface area is 851 Å². The van der Waals surface area contributed by atoms with Crippen LogP contribution in [0.5, 0.6) is 0 Å². The van der Waals surface area contributed by atoms with Gasteiger partial charge in [0.15, 0.2) is 52.4 Å². The van der Waals surface area contributed by atoms with Crippen LogP contribution in [0.2, 0.25) is 0 Å². The molecule has 9 heterocycles. The Kier molecular flexibility index (Phi) is 18.7. The van der Waals surface area contributed by atoms with Crippen molar-refractivity contribution in [1.29, 1.82) is 0 Å². The van der Waals surface area contributed by atoms with Crippen molar-refractivity contribution >= 4 is 160 Å². The Balaban J connectivity index is 0.000000114. The molecule has 29 rings (SSSR count). The molecule has 12 nitrogen and oxygen atoms in total. The van der Waals surface area contributed by atoms with E-state index in [2.05, 4.69) is 176 Å². The number of rotatable bonds is 14. The first-order chi connectivity index (χ1) is 75.4. The molecule has 0 saturated carbocycles. The lowest BCUT2D eigenvalue weighted by molar-refractivity contribution is 0.668. The predicted molar refractivity (Wildman–Crippen MR) is 596 cm³/mol. The number of hydrogen-bond donors (Lipinski definition) is 0. The van der Waals surface area contributed by atoms with Gasteiger partial charge in [0.25, 0.3) is 0 Å². The van der Waals surface area contributed by atoms with E-state index in [0.29, 0.717) is 74.2 Å². The summed E-state index contributed by atoms with van der Waals surface area (Å²) in [6.07, 6.45) is 0. The van der Waals surface area contributed by atoms with Gasteiger partial charge in [-0.3, -0.25) is 0 Å². The first-order valence-electron chi connectivity index (χ1n) is 51.9. The summed E-state index contributed by atoms with van der Waals surface area (Å²) in [6.45, 7) is 0. The molecule has 0 N–H and O–H groups in total. The Hall–Kier alpha value is -18.5. The third-order valence-corrected chi connectivity index (χ3v) is 29.8. The number of benzene rings is 20. The van der Waals surface area contributed by atoms with Crippen LogP contribution in [0, 0.1) is 0 Å². The summed E-state index contributed by atoms with van der Waals surface area (Å²) in [4.78, 5) is 44.6. The molecule has 0 bridgehead atoms. The SMILES string of the molecule is [2H]c1c([2H])c([2H])c(-c2cc(-c3nc(-c4ccccc4)nc(-c4ccc5c(c4)oc4ccccc45)n3)cc(-c3cccc4c3sc3ccccc34)c2)c([2H])c1[2H].[2H]c1c([2H])c([2H])c(-c2nc(-c3cc(-c4ccccc4)cc(-c4cccc5c4sc4ccccc45)c3)nc(-c3ccc4c(c3)oc3ccccc34)n2)c([2H])c1[2H].c1ccc(-c2nc(-c3ccc(-c4cccc5c4sc4ccccc45)cc3)nc(-c3ccc4c(c3)oc3ccccc34)n2)cc1. The first-order valence-corrected chi connectivity index (χ1v) is 49.4. The number of para-hydroxylation sites is 3. The van der Waals surface area contributed by atoms with E-state index in [0.717, 1.165) is 141 Å². The van der Waals surface area contributed by atoms with Crippen molar-refractivity contribution in [3.05, 3.63) is 467 Å². The average Bonchev–Trinajstić information content (AvgIpc) is 1.26. The summed E-state index contributed by atoms with van der Waals surface area (Å²) in [7, 11) is 0. The van der Waals surface area contributed by atoms with Crippen LogP contribution in [0.3, 0.4) is 0 Å². The van der Waals surface area contributed by atoms with E-state index in [4.69, 9.17) is 71.8 Å². The monoisotopic (exact) mass is 1910 g/mol. The fourth-order valence-electron chi connectivity index (χ4n) is 19.3. The van der Waals surface area contributed by atoms with Crippen molar-refractivity contribution < 1.29 is 27.0 Å². The van der Waals surface area contributed by atoms with Crippen LogP contribution >= 0.6 is 34.0 Å². The summed E-state index contributed by atoms with van der Waals surface area (Å²) in [5.41, 5.74) is 19.3. The van der Waals surface area contributed by atoms with E-state index in [9.17, 15) is 0 Å². The fraction of sp³-hybridized carbons (Fsp3) is 0. The largest absolute Gasteiger partial charge is 0.456 e. The standard InChI is InChI=1S/2C45H27N3OS.C39H23N3OS/c2*1-3-12-28(13-4-1)31-24-32(34-18-11-19-38-37-17-8-10-21-41(37)50-42(34)38)26-33(25-31)45-47-43(29-14-5-2-6-15-29)46-44(48-45)30-22-23-36-35-16-7-9-20-39(35)49-40(36)27-30;1-2-9-25(10-3-1)37-40-38(42-39(41-37)27-21-22-30-29-11-4-6-15-33(29)43-34(30)23-27)26-19-17-24(18-20-26)28-13-8-14-32-31-12-5-7-16-35(31)44-36(28)32/h2*1-27H;1-23H/i2D,5D,6D,14D,15D;1D,3D,4D,12D,13D;. The molecule has 9 aromatic heterocycles. The van der Waals surface area contributed by atoms with Gasteiger partial charge in [-0.25, -0.2) is 44.9 Å². The molecule has 0 spiro atoms. The number of aromatic nitrogens is 9. The summed E-state index contributed by atoms with van der Waals surface area (Å²) in [5.74, 6) is 3.67. The molecule has 0 unspecified atom stereocenters. The molecule has 0 aliphatic heterocycles. The van der Waals surface area contributed by atoms with Crippen LogP contribution in [-0.4, -0.2) is 44.9 Å². The highest BCUT2D eigenvalue weighted by Gasteiger charge is 2.25. The highest BCUT2D eigenvalue weighted by atomic mass is 32.1. The lowest BCUT2D eigenvalue weighted by Crippen LogP contribution is -2.00. The van der Waals surface area contributed by atoms with Gasteiger partial charge in [0.05, 0.1) is 13.7 Å². The van der Waals surface area contributed by atoms with Crippen LogP contribution < -0.4 is 0 Å². The molecular weight excluding hydrogens is 1820 g/mol. The van der Waals surface area contributed by atoms with Crippen molar-refractivity contribution in [3.8, 4) is 158 Å². The van der Waals surface area contributed by atoms with E-state index >= 15 is 0 Å². The van der Waals surface area contributed by atoms with Crippen molar-refractivity contribution in [1.82, 2.24) is 44.9 Å². The molecule has 0 fully saturated rings. The van der Waals surface area contributed by atoms with E-state index < -0.39 is 48.3 Å². The number of thiophene rings is 3. The molecule has 144 heavy (non-hydrogen) atoms. The molecule has 0 aliphatic rings. The third-order valence-electron chi connectivity index (χ3n) is 26.2. The van der Waals surface area contributed by atoms with Gasteiger partial charge < -0.3 is 13.3 Å². The van der Waals surface area contributed by atoms with Gasteiger partial charge in [0.1, 0.15) is 33.5 Å². The van der Waals surface area contributed by atoms with Gasteiger partial charge in [0.2, 0.25) is 0 Å². The van der Waals surface area contributed by atoms with Crippen molar-refractivity contribution in [2.75, 3.05) is 0 Å². The predicted octanol–water partition coefficient (Wildman–Crippen LogP) is 35.8. The van der Waals surface area contributed by atoms with Crippen molar-refractivity contribution in [3.63, 3.8) is 0 Å². The molecule has 15 heteroatoms. The van der Waals surface area contributed by atoms with Crippen LogP contribution in [0.4, 0.5) is 0 Å². The van der Waals surface area contributed by atoms with E-state index in [1.54, 1.807) is 28.7 Å². The Bertz CT molecular complexity index is 10700. The first kappa shape index (κ1) is 74.6. The quantitative estimate of drug-likeness (QED) is 0.102. The van der Waals surface area contributed by atoms with E-state index in [1.165, 1.54) is 46.8 Å². The minimum Gasteiger partial charge on any atom is -0.456 e. The molecule has 0 aliphatic carbocycles. The average molecular weight is 1910 g/mol. The Morgan fingerprint density at radius 2 is 0.403 bits per heavy atom. The maximum Gasteiger partial charge on any atom is 0.164 e. The molecule has 20 aromatic carbocycles. The Morgan fingerprint density at radius 3 is 0.778 bits per heavy atom. The summed E-state index contributed by atoms with van der Waals surface area (Å²) in [5, 5.41) is 13.4. The fourth-order valence-corrected chi connectivity index (χ4v) is 23.0. The maximum atomic E-state index is 8.91. The highest BCUT2D eigenvalue weighted by molar-refractivity contribution is 7.27. The van der Waals surface area contributed by atoms with Gasteiger partial charge >= 0.3 is 0 Å². The van der Waals surface area contributed by atoms with Gasteiger partial charge in [0, 0.05) is 143 Å². The molecule has 0 atom stereocenters. The summed E-state index contributed by atoms with van der Waals surface area (Å²) < 4.78 is 112. The van der Waals surface area contributed by atoms with Crippen LogP contribution in [0.25, 0.3) is 284 Å². The minimum atomic E-state index is -0.487. The lowest BCUT2D eigenvalue weighted by atomic mass is 9.95. The second-order valence-corrected chi connectivity index (χ2v) is 38.1. The topological polar surface area (TPSA) is 155 Å². The van der Waals surface area contributed by atoms with Crippen molar-refractivity contribution in [2.24, 2.45) is 0 Å². The third kappa shape index (κ3) is 15.8. The molecule has 0 amide bonds. The number of nitrogens with zero attached hydrogens (tertiary/aromatic N) is 9.